The third-order valence-corrected chi connectivity index (χ3v) is 9.14. The minimum atomic E-state index is -0.162. The van der Waals surface area contributed by atoms with E-state index in [2.05, 4.69) is 55.5 Å². The molecule has 1 amide bonds. The fourth-order valence-electron chi connectivity index (χ4n) is 6.60. The van der Waals surface area contributed by atoms with Gasteiger partial charge >= 0.3 is 0 Å². The quantitative estimate of drug-likeness (QED) is 0.178. The van der Waals surface area contributed by atoms with Gasteiger partial charge in [-0.1, -0.05) is 24.3 Å². The van der Waals surface area contributed by atoms with Crippen LogP contribution in [-0.2, 0) is 17.7 Å². The summed E-state index contributed by atoms with van der Waals surface area (Å²) >= 11 is 0. The van der Waals surface area contributed by atoms with E-state index in [0.29, 0.717) is 30.7 Å². The fraction of sp³-hybridized carbons (Fsp3) is 0.175. The topological polar surface area (TPSA) is 104 Å². The predicted molar refractivity (Wildman–Crippen MR) is 192 cm³/mol. The first-order valence-corrected chi connectivity index (χ1v) is 16.4. The average Bonchev–Trinajstić information content (AvgIpc) is 3.44. The second-order valence-corrected chi connectivity index (χ2v) is 12.3. The molecule has 1 saturated heterocycles. The van der Waals surface area contributed by atoms with Crippen LogP contribution < -0.4 is 20.3 Å². The van der Waals surface area contributed by atoms with Gasteiger partial charge in [0, 0.05) is 55.1 Å². The Hall–Kier alpha value is -6.11. The van der Waals surface area contributed by atoms with E-state index >= 15 is 0 Å². The van der Waals surface area contributed by atoms with Crippen molar-refractivity contribution >= 4 is 39.6 Å². The van der Waals surface area contributed by atoms with E-state index in [9.17, 15) is 10.1 Å². The summed E-state index contributed by atoms with van der Waals surface area (Å²) in [5.74, 6) is 0.672. The van der Waals surface area contributed by atoms with Crippen LogP contribution >= 0.6 is 0 Å². The molecule has 0 bridgehead atoms. The fourth-order valence-corrected chi connectivity index (χ4v) is 6.60. The molecule has 2 aromatic heterocycles. The molecule has 2 aliphatic heterocycles. The van der Waals surface area contributed by atoms with Gasteiger partial charge in [-0.25, -0.2) is 0 Å². The molecule has 0 atom stereocenters. The third-order valence-electron chi connectivity index (χ3n) is 9.14. The molecule has 4 aromatic carbocycles. The second-order valence-electron chi connectivity index (χ2n) is 12.3. The van der Waals surface area contributed by atoms with Gasteiger partial charge in [0.1, 0.15) is 5.75 Å². The maximum absolute atomic E-state index is 13.4. The Bertz CT molecular complexity index is 2210. The van der Waals surface area contributed by atoms with Crippen molar-refractivity contribution in [2.75, 3.05) is 48.4 Å². The maximum atomic E-state index is 13.4. The zero-order valence-corrected chi connectivity index (χ0v) is 26.9. The number of hydrogen-bond acceptors (Lipinski definition) is 7. The Morgan fingerprint density at radius 3 is 2.59 bits per heavy atom. The van der Waals surface area contributed by atoms with Crippen molar-refractivity contribution in [1.29, 1.82) is 5.26 Å². The first kappa shape index (κ1) is 30.2. The van der Waals surface area contributed by atoms with Crippen molar-refractivity contribution in [3.63, 3.8) is 0 Å². The largest absolute Gasteiger partial charge is 0.493 e. The number of nitrogens with one attached hydrogen (secondary N) is 2. The van der Waals surface area contributed by atoms with Crippen molar-refractivity contribution in [1.82, 2.24) is 9.55 Å². The molecule has 2 N–H and O–H groups in total. The number of nitriles is 1. The van der Waals surface area contributed by atoms with Crippen LogP contribution in [0.4, 0.5) is 22.7 Å². The van der Waals surface area contributed by atoms with Crippen LogP contribution in [0.2, 0.25) is 0 Å². The molecule has 9 heteroatoms. The van der Waals surface area contributed by atoms with E-state index in [1.165, 1.54) is 5.69 Å². The normalized spacial score (nSPS) is 13.9. The summed E-state index contributed by atoms with van der Waals surface area (Å²) in [5.41, 5.74) is 9.80. The minimum absolute atomic E-state index is 0.162. The molecule has 9 nitrogen and oxygen atoms in total. The molecule has 2 aliphatic rings. The number of morpholine rings is 1. The molecular weight excluding hydrogens is 612 g/mol. The number of ether oxygens (including phenoxy) is 2. The van der Waals surface area contributed by atoms with Crippen LogP contribution in [-0.4, -0.2) is 48.4 Å². The molecule has 0 saturated carbocycles. The number of aromatic nitrogens is 2. The molecule has 0 spiro atoms. The van der Waals surface area contributed by atoms with Gasteiger partial charge in [-0.2, -0.15) is 5.26 Å². The lowest BCUT2D eigenvalue weighted by atomic mass is 10.0. The molecular formula is C40H34N6O3. The van der Waals surface area contributed by atoms with E-state index in [-0.39, 0.29) is 5.91 Å². The second kappa shape index (κ2) is 13.2. The van der Waals surface area contributed by atoms with Crippen molar-refractivity contribution in [2.45, 2.75) is 13.0 Å². The highest BCUT2D eigenvalue weighted by atomic mass is 16.5. The van der Waals surface area contributed by atoms with Crippen LogP contribution in [0.25, 0.3) is 22.0 Å². The summed E-state index contributed by atoms with van der Waals surface area (Å²) < 4.78 is 13.7. The predicted octanol–water partition coefficient (Wildman–Crippen LogP) is 7.39. The van der Waals surface area contributed by atoms with Crippen molar-refractivity contribution in [3.05, 3.63) is 132 Å². The molecule has 6 aromatic rings. The Morgan fingerprint density at radius 1 is 0.857 bits per heavy atom. The van der Waals surface area contributed by atoms with Gasteiger partial charge in [0.25, 0.3) is 5.91 Å². The SMILES string of the molecule is N#Cc1cccc(Cn2cc(-c3ccc4c(c3)Nc3ccc(CCOc5ccc(N6CCOCC6)cc5)cc3NC4=O)c3ccncc32)c1. The number of fused-ring (bicyclic) bond motifs is 3. The summed E-state index contributed by atoms with van der Waals surface area (Å²) in [6.07, 6.45) is 6.47. The van der Waals surface area contributed by atoms with Gasteiger partial charge in [0.15, 0.2) is 0 Å². The van der Waals surface area contributed by atoms with Gasteiger partial charge in [0.2, 0.25) is 0 Å². The highest BCUT2D eigenvalue weighted by Gasteiger charge is 2.21. The Balaban J connectivity index is 0.989. The Labute approximate surface area is 284 Å². The number of anilines is 4. The van der Waals surface area contributed by atoms with E-state index in [1.807, 2.05) is 79.0 Å². The number of pyridine rings is 1. The van der Waals surface area contributed by atoms with Crippen LogP contribution in [0, 0.1) is 11.3 Å². The van der Waals surface area contributed by atoms with Gasteiger partial charge in [-0.05, 0) is 83.4 Å². The first-order valence-electron chi connectivity index (χ1n) is 16.4. The summed E-state index contributed by atoms with van der Waals surface area (Å²) in [7, 11) is 0. The lowest BCUT2D eigenvalue weighted by Gasteiger charge is -2.28. The highest BCUT2D eigenvalue weighted by Crippen LogP contribution is 2.37. The summed E-state index contributed by atoms with van der Waals surface area (Å²) in [5, 5.41) is 17.0. The lowest BCUT2D eigenvalue weighted by molar-refractivity contribution is 0.102. The lowest BCUT2D eigenvalue weighted by Crippen LogP contribution is -2.36. The van der Waals surface area contributed by atoms with E-state index in [0.717, 1.165) is 82.3 Å². The van der Waals surface area contributed by atoms with E-state index in [4.69, 9.17) is 9.47 Å². The molecule has 1 fully saturated rings. The number of carbonyl (C=O) groups is 1. The number of nitrogens with zero attached hydrogens (tertiary/aromatic N) is 4. The van der Waals surface area contributed by atoms with Gasteiger partial charge < -0.3 is 29.6 Å². The Kier molecular flexibility index (Phi) is 8.14. The van der Waals surface area contributed by atoms with Gasteiger partial charge in [-0.15, -0.1) is 0 Å². The molecule has 49 heavy (non-hydrogen) atoms. The molecule has 242 valence electrons. The summed E-state index contributed by atoms with van der Waals surface area (Å²) in [6.45, 7) is 4.45. The first-order chi connectivity index (χ1) is 24.1. The van der Waals surface area contributed by atoms with E-state index < -0.39 is 0 Å². The average molecular weight is 647 g/mol. The molecule has 8 rings (SSSR count). The number of benzene rings is 4. The van der Waals surface area contributed by atoms with Crippen molar-refractivity contribution < 1.29 is 14.3 Å². The van der Waals surface area contributed by atoms with Gasteiger partial charge in [-0.3, -0.25) is 9.78 Å². The highest BCUT2D eigenvalue weighted by molar-refractivity contribution is 6.13. The van der Waals surface area contributed by atoms with Gasteiger partial charge in [0.05, 0.1) is 65.8 Å². The van der Waals surface area contributed by atoms with Crippen LogP contribution in [0.3, 0.4) is 0 Å². The molecule has 0 aliphatic carbocycles. The number of amides is 1. The van der Waals surface area contributed by atoms with E-state index in [1.54, 1.807) is 6.20 Å². The van der Waals surface area contributed by atoms with Crippen molar-refractivity contribution in [2.24, 2.45) is 0 Å². The van der Waals surface area contributed by atoms with Crippen molar-refractivity contribution in [3.8, 4) is 22.9 Å². The zero-order valence-electron chi connectivity index (χ0n) is 26.9. The van der Waals surface area contributed by atoms with Crippen LogP contribution in [0.5, 0.6) is 5.75 Å². The molecule has 4 heterocycles. The van der Waals surface area contributed by atoms with Crippen LogP contribution in [0.1, 0.15) is 27.0 Å². The maximum Gasteiger partial charge on any atom is 0.257 e. The molecule has 0 radical (unpaired) electrons. The standard InChI is InChI=1S/C40H34N6O3/c41-23-28-2-1-3-29(20-28)25-46-26-35(33-12-14-42-24-39(33)46)30-5-10-34-37(22-30)43-36-11-4-27(21-38(36)44-40(34)47)13-17-49-32-8-6-31(7-9-32)45-15-18-48-19-16-45/h1-12,14,20-22,24,26,43H,13,15-19,25H2,(H,44,47). The summed E-state index contributed by atoms with van der Waals surface area (Å²) in [6, 6.07) is 32.1. The zero-order chi connectivity index (χ0) is 33.2. The monoisotopic (exact) mass is 646 g/mol. The summed E-state index contributed by atoms with van der Waals surface area (Å²) in [4.78, 5) is 20.1. The molecule has 0 unspecified atom stereocenters. The Morgan fingerprint density at radius 2 is 1.73 bits per heavy atom. The number of hydrogen-bond donors (Lipinski definition) is 2. The van der Waals surface area contributed by atoms with Crippen LogP contribution in [0.15, 0.2) is 110 Å². The minimum Gasteiger partial charge on any atom is -0.493 e. The number of rotatable bonds is 8. The third kappa shape index (κ3) is 6.30. The number of carbonyl (C=O) groups excluding carboxylic acids is 1. The smallest absolute Gasteiger partial charge is 0.257 e.